The molecule has 0 spiro atoms. The molecule has 0 N–H and O–H groups in total. The summed E-state index contributed by atoms with van der Waals surface area (Å²) in [5.74, 6) is 0. The van der Waals surface area contributed by atoms with Gasteiger partial charge in [0.1, 0.15) is 0 Å². The Bertz CT molecular complexity index is 4160. The molecule has 0 amide bonds. The van der Waals surface area contributed by atoms with Crippen LogP contribution < -0.4 is 9.80 Å². The number of benzene rings is 14. The summed E-state index contributed by atoms with van der Waals surface area (Å²) < 4.78 is 1.06. The summed E-state index contributed by atoms with van der Waals surface area (Å²) in [7, 11) is 0. The number of hydrogen-bond donors (Lipinski definition) is 0. The molecule has 2 nitrogen and oxygen atoms in total. The van der Waals surface area contributed by atoms with E-state index in [1.807, 2.05) is 0 Å². The molecule has 0 bridgehead atoms. The van der Waals surface area contributed by atoms with Crippen molar-refractivity contribution in [2.24, 2.45) is 0 Å². The second-order valence-electron chi connectivity index (χ2n) is 19.9. The third-order valence-corrected chi connectivity index (χ3v) is 15.5. The number of anilines is 6. The first-order valence-corrected chi connectivity index (χ1v) is 27.6. The van der Waals surface area contributed by atoms with Crippen molar-refractivity contribution in [2.45, 2.75) is 0 Å². The van der Waals surface area contributed by atoms with Crippen LogP contribution in [0.2, 0.25) is 0 Å². The van der Waals surface area contributed by atoms with Gasteiger partial charge in [-0.2, -0.15) is 0 Å². The normalized spacial score (nSPS) is 11.0. The number of para-hydroxylation sites is 1. The van der Waals surface area contributed by atoms with Crippen LogP contribution in [-0.4, -0.2) is 0 Å². The molecule has 0 aliphatic rings. The Morgan fingerprint density at radius 1 is 0.175 bits per heavy atom. The van der Waals surface area contributed by atoms with Gasteiger partial charge in [-0.25, -0.2) is 0 Å². The predicted octanol–water partition coefficient (Wildman–Crippen LogP) is 22.4. The zero-order chi connectivity index (χ0) is 52.9. The maximum Gasteiger partial charge on any atom is 0.0462 e. The standard InChI is InChI=1S/C38H26BrN.C38H27N.U/c39-35-17-23-38(24-18-35)40(36-19-13-29(14-20-36)33-11-9-27-5-1-3-7-31(27)25-33)37-21-15-30(16-22-37)34-12-10-28-6-2-4-8-32(28)26-34;1-2-12-36(13-3-1)39(37-22-18-30(19-23-37)34-16-14-28-8-4-6-10-32(28)26-34)38-24-20-31(21-25-38)35-17-15-29-9-5-7-11-33(29)27-35;/h1-26H;1-27H;. The van der Waals surface area contributed by atoms with E-state index in [1.165, 1.54) is 87.6 Å². The van der Waals surface area contributed by atoms with Gasteiger partial charge in [-0.3, -0.25) is 0 Å². The molecule has 0 saturated carbocycles. The van der Waals surface area contributed by atoms with Crippen LogP contribution in [0.15, 0.2) is 326 Å². The molecule has 0 fully saturated rings. The van der Waals surface area contributed by atoms with Crippen molar-refractivity contribution in [3.05, 3.63) is 326 Å². The summed E-state index contributed by atoms with van der Waals surface area (Å²) in [6, 6.07) is 115. The van der Waals surface area contributed by atoms with Gasteiger partial charge in [0.25, 0.3) is 0 Å². The molecule has 0 heterocycles. The van der Waals surface area contributed by atoms with Gasteiger partial charge in [-0.05, 0) is 197 Å². The maximum absolute atomic E-state index is 3.59. The molecule has 0 unspecified atom stereocenters. The van der Waals surface area contributed by atoms with Crippen LogP contribution in [0.3, 0.4) is 0 Å². The van der Waals surface area contributed by atoms with E-state index in [9.17, 15) is 0 Å². The predicted molar refractivity (Wildman–Crippen MR) is 342 cm³/mol. The van der Waals surface area contributed by atoms with Crippen LogP contribution in [0, 0.1) is 31.1 Å². The SMILES string of the molecule is Brc1ccc(N(c2ccc(-c3ccc4ccccc4c3)cc2)c2ccc(-c3ccc4ccccc4c3)cc2)cc1.[U].c1ccc(N(c2ccc(-c3ccc4ccccc4c3)cc2)c2ccc(-c3ccc4ccccc4c3)cc2)cc1. The second kappa shape index (κ2) is 23.7. The Balaban J connectivity index is 0.000000157. The summed E-state index contributed by atoms with van der Waals surface area (Å²) in [4.78, 5) is 4.62. The van der Waals surface area contributed by atoms with Gasteiger partial charge in [0.05, 0.1) is 0 Å². The molecule has 0 saturated heterocycles. The van der Waals surface area contributed by atoms with Gasteiger partial charge in [-0.15, -0.1) is 0 Å². The number of nitrogens with zero attached hydrogens (tertiary/aromatic N) is 2. The minimum atomic E-state index is 0. The number of fused-ring (bicyclic) bond motifs is 4. The van der Waals surface area contributed by atoms with Gasteiger partial charge in [-0.1, -0.05) is 228 Å². The molecule has 0 aromatic heterocycles. The first-order valence-electron chi connectivity index (χ1n) is 26.8. The van der Waals surface area contributed by atoms with Crippen LogP contribution in [0.5, 0.6) is 0 Å². The molecule has 0 aliphatic carbocycles. The minimum absolute atomic E-state index is 0. The summed E-state index contributed by atoms with van der Waals surface area (Å²) in [6.07, 6.45) is 0. The van der Waals surface area contributed by atoms with E-state index in [0.29, 0.717) is 0 Å². The van der Waals surface area contributed by atoms with E-state index in [1.54, 1.807) is 0 Å². The van der Waals surface area contributed by atoms with E-state index in [-0.39, 0.29) is 31.1 Å². The monoisotopic (exact) mass is 1310 g/mol. The summed E-state index contributed by atoms with van der Waals surface area (Å²) in [5.41, 5.74) is 16.5. The van der Waals surface area contributed by atoms with E-state index in [2.05, 4.69) is 347 Å². The van der Waals surface area contributed by atoms with E-state index >= 15 is 0 Å². The topological polar surface area (TPSA) is 6.48 Å². The smallest absolute Gasteiger partial charge is 0.0462 e. The van der Waals surface area contributed by atoms with Crippen molar-refractivity contribution >= 4 is 93.1 Å². The molecule has 4 heteroatoms. The van der Waals surface area contributed by atoms with Gasteiger partial charge in [0.15, 0.2) is 0 Å². The Morgan fingerprint density at radius 3 is 0.637 bits per heavy atom. The van der Waals surface area contributed by atoms with E-state index in [0.717, 1.165) is 38.6 Å². The van der Waals surface area contributed by atoms with E-state index in [4.69, 9.17) is 0 Å². The van der Waals surface area contributed by atoms with Crippen LogP contribution in [0.25, 0.3) is 87.6 Å². The number of rotatable bonds is 10. The van der Waals surface area contributed by atoms with Crippen molar-refractivity contribution in [3.63, 3.8) is 0 Å². The van der Waals surface area contributed by atoms with E-state index < -0.39 is 0 Å². The molecular weight excluding hydrogens is 1260 g/mol. The third kappa shape index (κ3) is 11.3. The molecule has 14 aromatic rings. The molecule has 14 aromatic carbocycles. The van der Waals surface area contributed by atoms with Gasteiger partial charge in [0.2, 0.25) is 0 Å². The molecule has 0 radical (unpaired) electrons. The van der Waals surface area contributed by atoms with Crippen LogP contribution in [0.1, 0.15) is 0 Å². The number of halogens is 1. The molecule has 0 aliphatic heterocycles. The van der Waals surface area contributed by atoms with Crippen molar-refractivity contribution in [2.75, 3.05) is 9.80 Å². The quantitative estimate of drug-likeness (QED) is 0.135. The Morgan fingerprint density at radius 2 is 0.375 bits per heavy atom. The molecular formula is C76H53BrN2U. The number of hydrogen-bond acceptors (Lipinski definition) is 2. The molecule has 0 atom stereocenters. The first-order chi connectivity index (χ1) is 39.0. The van der Waals surface area contributed by atoms with Crippen LogP contribution in [-0.2, 0) is 0 Å². The van der Waals surface area contributed by atoms with Crippen LogP contribution in [0.4, 0.5) is 34.1 Å². The van der Waals surface area contributed by atoms with Crippen molar-refractivity contribution in [1.29, 1.82) is 0 Å². The zero-order valence-electron chi connectivity index (χ0n) is 43.9. The Hall–Kier alpha value is -8.75. The molecule has 378 valence electrons. The van der Waals surface area contributed by atoms with Gasteiger partial charge in [0, 0.05) is 69.7 Å². The fourth-order valence-electron chi connectivity index (χ4n) is 10.7. The van der Waals surface area contributed by atoms with Crippen molar-refractivity contribution in [3.8, 4) is 44.5 Å². The molecule has 80 heavy (non-hydrogen) atoms. The largest absolute Gasteiger partial charge is 0.311 e. The second-order valence-corrected chi connectivity index (χ2v) is 20.8. The fraction of sp³-hybridized carbons (Fsp3) is 0. The third-order valence-electron chi connectivity index (χ3n) is 14.9. The maximum atomic E-state index is 3.59. The summed E-state index contributed by atoms with van der Waals surface area (Å²) in [5, 5.41) is 10.1. The summed E-state index contributed by atoms with van der Waals surface area (Å²) in [6.45, 7) is 0. The van der Waals surface area contributed by atoms with Gasteiger partial charge >= 0.3 is 0 Å². The average molecular weight is 1310 g/mol. The van der Waals surface area contributed by atoms with Gasteiger partial charge < -0.3 is 9.80 Å². The average Bonchev–Trinajstić information content (AvgIpc) is 3.52. The van der Waals surface area contributed by atoms with Crippen LogP contribution >= 0.6 is 15.9 Å². The fourth-order valence-corrected chi connectivity index (χ4v) is 11.0. The summed E-state index contributed by atoms with van der Waals surface area (Å²) >= 11 is 3.59. The zero-order valence-corrected chi connectivity index (χ0v) is 49.6. The molecule has 14 rings (SSSR count). The van der Waals surface area contributed by atoms with Crippen molar-refractivity contribution in [1.82, 2.24) is 0 Å². The Labute approximate surface area is 500 Å². The Kier molecular flexibility index (Phi) is 15.4. The minimum Gasteiger partial charge on any atom is -0.311 e. The first kappa shape index (κ1) is 52.0. The van der Waals surface area contributed by atoms with Crippen molar-refractivity contribution < 1.29 is 31.1 Å².